The van der Waals surface area contributed by atoms with Crippen molar-refractivity contribution in [3.8, 4) is 11.5 Å². The van der Waals surface area contributed by atoms with Gasteiger partial charge in [0.15, 0.2) is 0 Å². The number of phenolic OH excluding ortho intramolecular Hbond substituents is 1. The Labute approximate surface area is 195 Å². The quantitative estimate of drug-likeness (QED) is 0.367. The van der Waals surface area contributed by atoms with E-state index in [4.69, 9.17) is 4.74 Å². The molecule has 0 aromatic heterocycles. The van der Waals surface area contributed by atoms with Crippen LogP contribution in [0.25, 0.3) is 0 Å². The van der Waals surface area contributed by atoms with Crippen LogP contribution in [0.15, 0.2) is 42.5 Å². The topological polar surface area (TPSA) is 46.5 Å². The summed E-state index contributed by atoms with van der Waals surface area (Å²) in [4.78, 5) is 13.2. The van der Waals surface area contributed by atoms with E-state index in [1.165, 1.54) is 0 Å². The Bertz CT molecular complexity index is 890. The Hall–Kier alpha value is -2.29. The van der Waals surface area contributed by atoms with Gasteiger partial charge in [-0.3, -0.25) is 0 Å². The highest BCUT2D eigenvalue weighted by Crippen LogP contribution is 2.47. The smallest absolute Gasteiger partial charge is 0.343 e. The van der Waals surface area contributed by atoms with Crippen molar-refractivity contribution in [2.75, 3.05) is 0 Å². The molecule has 0 unspecified atom stereocenters. The average Bonchev–Trinajstić information content (AvgIpc) is 2.58. The first-order chi connectivity index (χ1) is 14.4. The second kappa shape index (κ2) is 8.92. The van der Waals surface area contributed by atoms with Crippen molar-refractivity contribution >= 4 is 5.97 Å². The molecule has 0 saturated carbocycles. The van der Waals surface area contributed by atoms with Crippen molar-refractivity contribution in [3.05, 3.63) is 59.2 Å². The molecule has 0 atom stereocenters. The van der Waals surface area contributed by atoms with Gasteiger partial charge in [0.1, 0.15) is 11.5 Å². The van der Waals surface area contributed by atoms with Crippen LogP contribution in [0.1, 0.15) is 104 Å². The first kappa shape index (κ1) is 26.0. The van der Waals surface area contributed by atoms with Crippen LogP contribution < -0.4 is 4.74 Å². The molecule has 2 aromatic carbocycles. The van der Waals surface area contributed by atoms with Crippen molar-refractivity contribution in [1.82, 2.24) is 0 Å². The lowest BCUT2D eigenvalue weighted by molar-refractivity contribution is 0.0734. The highest BCUT2D eigenvalue weighted by molar-refractivity contribution is 5.92. The average molecular weight is 439 g/mol. The number of phenols is 1. The fourth-order valence-electron chi connectivity index (χ4n) is 5.28. The van der Waals surface area contributed by atoms with E-state index < -0.39 is 5.97 Å². The Kier molecular flexibility index (Phi) is 7.24. The molecule has 0 heterocycles. The third kappa shape index (κ3) is 6.85. The maximum atomic E-state index is 13.2. The van der Waals surface area contributed by atoms with Gasteiger partial charge < -0.3 is 9.84 Å². The molecule has 0 amide bonds. The molecule has 0 radical (unpaired) electrons. The number of rotatable bonds is 6. The molecule has 0 aliphatic carbocycles. The molecule has 0 bridgehead atoms. The largest absolute Gasteiger partial charge is 0.507 e. The van der Waals surface area contributed by atoms with E-state index in [-0.39, 0.29) is 21.7 Å². The third-order valence-corrected chi connectivity index (χ3v) is 5.70. The van der Waals surface area contributed by atoms with Crippen molar-refractivity contribution in [1.29, 1.82) is 0 Å². The first-order valence-corrected chi connectivity index (χ1v) is 11.6. The van der Waals surface area contributed by atoms with E-state index in [2.05, 4.69) is 69.2 Å². The summed E-state index contributed by atoms with van der Waals surface area (Å²) in [6, 6.07) is 12.8. The normalized spacial score (nSPS) is 13.2. The Morgan fingerprint density at radius 2 is 1.16 bits per heavy atom. The lowest BCUT2D eigenvalue weighted by Crippen LogP contribution is -2.29. The SMILES string of the molecule is CC(C)(C)CC(C)(C)c1cc(C(=O)Oc2ccccc2)cc(C(C)(C)CC(C)(C)C)c1O. The van der Waals surface area contributed by atoms with Crippen LogP contribution in [0.3, 0.4) is 0 Å². The van der Waals surface area contributed by atoms with Crippen LogP contribution >= 0.6 is 0 Å². The fraction of sp³-hybridized carbons (Fsp3) is 0.552. The molecule has 0 aliphatic heterocycles. The zero-order valence-corrected chi connectivity index (χ0v) is 21.7. The highest BCUT2D eigenvalue weighted by atomic mass is 16.5. The van der Waals surface area contributed by atoms with E-state index in [0.29, 0.717) is 17.1 Å². The number of carbonyl (C=O) groups excluding carboxylic acids is 1. The van der Waals surface area contributed by atoms with Crippen molar-refractivity contribution in [2.24, 2.45) is 10.8 Å². The van der Waals surface area contributed by atoms with Crippen LogP contribution in [-0.4, -0.2) is 11.1 Å². The summed E-state index contributed by atoms with van der Waals surface area (Å²) in [5, 5.41) is 11.5. The predicted octanol–water partition coefficient (Wildman–Crippen LogP) is 8.04. The molecule has 2 aromatic rings. The van der Waals surface area contributed by atoms with Gasteiger partial charge in [0.2, 0.25) is 0 Å². The fourth-order valence-corrected chi connectivity index (χ4v) is 5.28. The Morgan fingerprint density at radius 3 is 1.53 bits per heavy atom. The van der Waals surface area contributed by atoms with Gasteiger partial charge in [-0.05, 0) is 58.8 Å². The molecular weight excluding hydrogens is 396 g/mol. The van der Waals surface area contributed by atoms with Gasteiger partial charge in [-0.1, -0.05) is 87.4 Å². The van der Waals surface area contributed by atoms with E-state index in [0.717, 1.165) is 24.0 Å². The van der Waals surface area contributed by atoms with Crippen molar-refractivity contribution in [2.45, 2.75) is 92.9 Å². The minimum Gasteiger partial charge on any atom is -0.507 e. The summed E-state index contributed by atoms with van der Waals surface area (Å²) in [5.41, 5.74) is 1.56. The summed E-state index contributed by atoms with van der Waals surface area (Å²) >= 11 is 0. The summed E-state index contributed by atoms with van der Waals surface area (Å²) in [6.45, 7) is 21.7. The van der Waals surface area contributed by atoms with E-state index in [1.54, 1.807) is 12.1 Å². The van der Waals surface area contributed by atoms with Crippen LogP contribution in [0.5, 0.6) is 11.5 Å². The van der Waals surface area contributed by atoms with Gasteiger partial charge in [-0.2, -0.15) is 0 Å². The van der Waals surface area contributed by atoms with Crippen molar-refractivity contribution in [3.63, 3.8) is 0 Å². The number of aromatic hydroxyl groups is 1. The molecule has 32 heavy (non-hydrogen) atoms. The second-order valence-corrected chi connectivity index (χ2v) is 12.9. The van der Waals surface area contributed by atoms with Gasteiger partial charge in [-0.25, -0.2) is 4.79 Å². The van der Waals surface area contributed by atoms with Crippen LogP contribution in [-0.2, 0) is 10.8 Å². The van der Waals surface area contributed by atoms with Gasteiger partial charge >= 0.3 is 5.97 Å². The lowest BCUT2D eigenvalue weighted by atomic mass is 9.68. The minimum atomic E-state index is -0.406. The Balaban J connectivity index is 2.65. The van der Waals surface area contributed by atoms with Crippen molar-refractivity contribution < 1.29 is 14.6 Å². The molecule has 176 valence electrons. The van der Waals surface area contributed by atoms with Gasteiger partial charge in [-0.15, -0.1) is 0 Å². The second-order valence-electron chi connectivity index (χ2n) is 12.9. The number of hydrogen-bond donors (Lipinski definition) is 1. The number of esters is 1. The third-order valence-electron chi connectivity index (χ3n) is 5.70. The molecule has 0 spiro atoms. The first-order valence-electron chi connectivity index (χ1n) is 11.6. The molecule has 2 rings (SSSR count). The molecule has 3 nitrogen and oxygen atoms in total. The van der Waals surface area contributed by atoms with E-state index in [1.807, 2.05) is 30.3 Å². The summed E-state index contributed by atoms with van der Waals surface area (Å²) < 4.78 is 5.66. The predicted molar refractivity (Wildman–Crippen MR) is 134 cm³/mol. The molecule has 3 heteroatoms. The number of ether oxygens (including phenoxy) is 1. The maximum Gasteiger partial charge on any atom is 0.343 e. The zero-order chi connectivity index (χ0) is 24.5. The highest BCUT2D eigenvalue weighted by Gasteiger charge is 2.36. The monoisotopic (exact) mass is 438 g/mol. The van der Waals surface area contributed by atoms with Crippen LogP contribution in [0, 0.1) is 10.8 Å². The van der Waals surface area contributed by atoms with Crippen LogP contribution in [0.4, 0.5) is 0 Å². The lowest BCUT2D eigenvalue weighted by Gasteiger charge is -2.37. The number of para-hydroxylation sites is 1. The number of carbonyl (C=O) groups is 1. The van der Waals surface area contributed by atoms with Gasteiger partial charge in [0.25, 0.3) is 0 Å². The summed E-state index contributed by atoms with van der Waals surface area (Å²) in [6.07, 6.45) is 1.73. The van der Waals surface area contributed by atoms with Gasteiger partial charge in [0.05, 0.1) is 5.56 Å². The molecule has 1 N–H and O–H groups in total. The minimum absolute atomic E-state index is 0.0670. The molecule has 0 fully saturated rings. The molecule has 0 saturated heterocycles. The van der Waals surface area contributed by atoms with Crippen LogP contribution in [0.2, 0.25) is 0 Å². The Morgan fingerprint density at radius 1 is 0.750 bits per heavy atom. The molecule has 0 aliphatic rings. The number of benzene rings is 2. The maximum absolute atomic E-state index is 13.2. The molecular formula is C29H42O3. The van der Waals surface area contributed by atoms with E-state index >= 15 is 0 Å². The van der Waals surface area contributed by atoms with E-state index in [9.17, 15) is 9.90 Å². The summed E-state index contributed by atoms with van der Waals surface area (Å²) in [7, 11) is 0. The standard InChI is InChI=1S/C29H42O3/c1-26(2,3)18-28(7,8)22-16-20(25(31)32-21-14-12-11-13-15-21)17-23(24(22)30)29(9,10)19-27(4,5)6/h11-17,30H,18-19H2,1-10H3. The van der Waals surface area contributed by atoms with Gasteiger partial charge in [0, 0.05) is 11.1 Å². The zero-order valence-electron chi connectivity index (χ0n) is 21.7. The summed E-state index contributed by atoms with van der Waals surface area (Å²) in [5.74, 6) is 0.401. The number of hydrogen-bond acceptors (Lipinski definition) is 3.